The van der Waals surface area contributed by atoms with Gasteiger partial charge in [0.15, 0.2) is 12.2 Å². The SMILES string of the molecule is Cc1ccc(N[N+]2([O-])C=NC3=C(C2)N=C(c2cc(NC(=O)c4cccc(C(F)(F)F)c4)ccc2C)C[N+]3(C)C)cn1. The molecule has 0 aliphatic carbocycles. The number of carbonyl (C=O) groups excluding carboxylic acids is 1. The number of aromatic nitrogens is 1. The molecule has 212 valence electrons. The molecule has 12 heteroatoms. The molecule has 2 N–H and O–H groups in total. The number of aliphatic imine (C=N–C) groups is 2. The molecule has 2 aliphatic heterocycles. The van der Waals surface area contributed by atoms with E-state index in [0.717, 1.165) is 29.0 Å². The summed E-state index contributed by atoms with van der Waals surface area (Å²) >= 11 is 0. The Morgan fingerprint density at radius 3 is 2.46 bits per heavy atom. The van der Waals surface area contributed by atoms with Gasteiger partial charge >= 0.3 is 6.18 Å². The topological polar surface area (TPSA) is 102 Å². The molecule has 1 amide bonds. The largest absolute Gasteiger partial charge is 0.600 e. The van der Waals surface area contributed by atoms with Crippen molar-refractivity contribution in [3.63, 3.8) is 0 Å². The number of anilines is 2. The van der Waals surface area contributed by atoms with Crippen LogP contribution in [-0.4, -0.2) is 59.4 Å². The van der Waals surface area contributed by atoms with Gasteiger partial charge in [-0.05, 0) is 61.9 Å². The Kier molecular flexibility index (Phi) is 7.02. The zero-order chi connectivity index (χ0) is 29.6. The van der Waals surface area contributed by atoms with Gasteiger partial charge in [0.25, 0.3) is 11.7 Å². The zero-order valence-electron chi connectivity index (χ0n) is 23.0. The lowest BCUT2D eigenvalue weighted by atomic mass is 10.0. The number of alkyl halides is 3. The highest BCUT2D eigenvalue weighted by molar-refractivity contribution is 6.07. The molecule has 0 spiro atoms. The number of amides is 1. The molecule has 1 atom stereocenters. The van der Waals surface area contributed by atoms with E-state index in [1.165, 1.54) is 18.5 Å². The second-order valence-corrected chi connectivity index (χ2v) is 10.7. The fourth-order valence-corrected chi connectivity index (χ4v) is 4.81. The van der Waals surface area contributed by atoms with Crippen LogP contribution in [0.15, 0.2) is 82.3 Å². The van der Waals surface area contributed by atoms with Crippen LogP contribution in [0.5, 0.6) is 0 Å². The Bertz CT molecular complexity index is 1610. The van der Waals surface area contributed by atoms with Crippen molar-refractivity contribution in [2.75, 3.05) is 37.9 Å². The number of quaternary nitrogens is 2. The molecule has 5 rings (SSSR count). The second kappa shape index (κ2) is 10.2. The van der Waals surface area contributed by atoms with Crippen molar-refractivity contribution in [3.05, 3.63) is 105 Å². The standard InChI is InChI=1S/C29H28F3N7O2/c1-18-8-10-22(35-28(40)20-6-5-7-21(12-20)29(30,31)32)13-24(18)25-15-38(3,4)27-26(36-25)16-39(41,17-34-27)37-23-11-9-19(2)33-14-23/h5-14,17,37H,15-16H2,1-4H3/p+1. The van der Waals surface area contributed by atoms with E-state index in [9.17, 15) is 23.2 Å². The molecular weight excluding hydrogens is 535 g/mol. The number of benzene rings is 2. The first-order chi connectivity index (χ1) is 19.2. The van der Waals surface area contributed by atoms with E-state index >= 15 is 0 Å². The lowest BCUT2D eigenvalue weighted by Gasteiger charge is -2.42. The first-order valence-corrected chi connectivity index (χ1v) is 12.8. The summed E-state index contributed by atoms with van der Waals surface area (Å²) in [6, 6.07) is 13.1. The quantitative estimate of drug-likeness (QED) is 0.320. The Morgan fingerprint density at radius 1 is 1.00 bits per heavy atom. The minimum absolute atomic E-state index is 0.0110. The lowest BCUT2D eigenvalue weighted by Crippen LogP contribution is -2.54. The number of pyridine rings is 1. The third-order valence-electron chi connectivity index (χ3n) is 6.89. The zero-order valence-corrected chi connectivity index (χ0v) is 23.0. The number of hydrogen-bond acceptors (Lipinski definition) is 6. The predicted molar refractivity (Wildman–Crippen MR) is 151 cm³/mol. The molecule has 1 aromatic heterocycles. The maximum atomic E-state index is 13.6. The molecule has 2 aliphatic rings. The Balaban J connectivity index is 1.42. The van der Waals surface area contributed by atoms with Crippen LogP contribution in [0, 0.1) is 19.1 Å². The van der Waals surface area contributed by atoms with Crippen LogP contribution in [0.25, 0.3) is 0 Å². The van der Waals surface area contributed by atoms with Crippen molar-refractivity contribution in [2.24, 2.45) is 9.98 Å². The van der Waals surface area contributed by atoms with Gasteiger partial charge in [0.05, 0.1) is 25.9 Å². The highest BCUT2D eigenvalue weighted by Crippen LogP contribution is 2.32. The van der Waals surface area contributed by atoms with E-state index < -0.39 is 22.4 Å². The van der Waals surface area contributed by atoms with Gasteiger partial charge in [0.1, 0.15) is 17.9 Å². The molecule has 0 saturated carbocycles. The number of halogens is 3. The number of rotatable bonds is 5. The number of likely N-dealkylation sites (N-methyl/N-ethyl adjacent to an activating group) is 1. The summed E-state index contributed by atoms with van der Waals surface area (Å²) in [6.07, 6.45) is -1.65. The smallest absolute Gasteiger partial charge is 0.416 e. The summed E-state index contributed by atoms with van der Waals surface area (Å²) in [6.45, 7) is 4.22. The van der Waals surface area contributed by atoms with Gasteiger partial charge in [-0.15, -0.1) is 4.99 Å². The van der Waals surface area contributed by atoms with Crippen LogP contribution in [0.1, 0.15) is 32.7 Å². The van der Waals surface area contributed by atoms with E-state index in [4.69, 9.17) is 4.99 Å². The maximum absolute atomic E-state index is 13.6. The van der Waals surface area contributed by atoms with Crippen LogP contribution in [0.4, 0.5) is 24.5 Å². The van der Waals surface area contributed by atoms with Crippen molar-refractivity contribution in [1.29, 1.82) is 0 Å². The lowest BCUT2D eigenvalue weighted by molar-refractivity contribution is -0.848. The third kappa shape index (κ3) is 6.04. The van der Waals surface area contributed by atoms with Crippen molar-refractivity contribution in [1.82, 2.24) is 4.98 Å². The van der Waals surface area contributed by atoms with E-state index in [0.29, 0.717) is 39.6 Å². The molecule has 0 radical (unpaired) electrons. The van der Waals surface area contributed by atoms with Crippen molar-refractivity contribution in [3.8, 4) is 0 Å². The molecule has 2 aromatic carbocycles. The molecule has 0 fully saturated rings. The highest BCUT2D eigenvalue weighted by Gasteiger charge is 2.39. The summed E-state index contributed by atoms with van der Waals surface area (Å²) in [5, 5.41) is 16.3. The Labute approximate surface area is 235 Å². The number of hydrogen-bond donors (Lipinski definition) is 2. The van der Waals surface area contributed by atoms with Crippen molar-refractivity contribution in [2.45, 2.75) is 20.0 Å². The van der Waals surface area contributed by atoms with Crippen LogP contribution < -0.4 is 10.7 Å². The molecule has 9 nitrogen and oxygen atoms in total. The van der Waals surface area contributed by atoms with Gasteiger partial charge in [-0.1, -0.05) is 12.1 Å². The van der Waals surface area contributed by atoms with Crippen LogP contribution in [-0.2, 0) is 6.18 Å². The van der Waals surface area contributed by atoms with E-state index in [-0.39, 0.29) is 12.1 Å². The monoisotopic (exact) mass is 564 g/mol. The molecule has 3 aromatic rings. The van der Waals surface area contributed by atoms with Crippen molar-refractivity contribution >= 4 is 29.3 Å². The number of nitrogens with one attached hydrogen (secondary N) is 2. The van der Waals surface area contributed by atoms with Crippen molar-refractivity contribution < 1.29 is 27.2 Å². The van der Waals surface area contributed by atoms with Gasteiger partial charge in [-0.3, -0.25) is 14.3 Å². The van der Waals surface area contributed by atoms with Crippen LogP contribution in [0.2, 0.25) is 0 Å². The minimum Gasteiger partial charge on any atom is -0.600 e. The maximum Gasteiger partial charge on any atom is 0.416 e. The second-order valence-electron chi connectivity index (χ2n) is 10.7. The van der Waals surface area contributed by atoms with Gasteiger partial charge in [-0.25, -0.2) is 15.2 Å². The molecule has 41 heavy (non-hydrogen) atoms. The average molecular weight is 565 g/mol. The van der Waals surface area contributed by atoms with Crippen LogP contribution in [0.3, 0.4) is 0 Å². The summed E-state index contributed by atoms with van der Waals surface area (Å²) in [4.78, 5) is 26.4. The molecule has 0 bridgehead atoms. The number of carbonyl (C=O) groups is 1. The molecule has 1 unspecified atom stereocenters. The van der Waals surface area contributed by atoms with E-state index in [1.54, 1.807) is 30.5 Å². The van der Waals surface area contributed by atoms with Gasteiger partial charge in [-0.2, -0.15) is 13.2 Å². The number of nitrogens with zero attached hydrogens (tertiary/aromatic N) is 5. The molecule has 3 heterocycles. The van der Waals surface area contributed by atoms with Gasteiger partial charge < -0.3 is 10.5 Å². The predicted octanol–water partition coefficient (Wildman–Crippen LogP) is 5.40. The van der Waals surface area contributed by atoms with Crippen LogP contribution >= 0.6 is 0 Å². The minimum atomic E-state index is -4.55. The number of hydroxylamine groups is 2. The summed E-state index contributed by atoms with van der Waals surface area (Å²) in [7, 11) is 3.94. The van der Waals surface area contributed by atoms with E-state index in [2.05, 4.69) is 20.7 Å². The summed E-state index contributed by atoms with van der Waals surface area (Å²) in [5.74, 6) is 0.0122. The van der Waals surface area contributed by atoms with Gasteiger partial charge in [0.2, 0.25) is 6.34 Å². The average Bonchev–Trinajstić information content (AvgIpc) is 2.90. The Hall–Kier alpha value is -4.39. The highest BCUT2D eigenvalue weighted by atomic mass is 19.4. The molecular formula is C29H29F3N7O2+. The summed E-state index contributed by atoms with van der Waals surface area (Å²) < 4.78 is 38.8. The summed E-state index contributed by atoms with van der Waals surface area (Å²) in [5.41, 5.74) is 6.55. The first kappa shape index (κ1) is 28.1. The first-order valence-electron chi connectivity index (χ1n) is 12.8. The fourth-order valence-electron chi connectivity index (χ4n) is 4.81. The third-order valence-corrected chi connectivity index (χ3v) is 6.89. The molecule has 0 saturated heterocycles. The van der Waals surface area contributed by atoms with E-state index in [1.807, 2.05) is 34.0 Å². The Morgan fingerprint density at radius 2 is 1.76 bits per heavy atom. The van der Waals surface area contributed by atoms with Gasteiger partial charge in [0, 0.05) is 22.5 Å². The number of aryl methyl sites for hydroxylation is 2. The fraction of sp³-hybridized carbons (Fsp3) is 0.241. The normalized spacial score (nSPS) is 19.9.